The van der Waals surface area contributed by atoms with Gasteiger partial charge in [0.2, 0.25) is 0 Å². The van der Waals surface area contributed by atoms with Crippen molar-refractivity contribution in [2.75, 3.05) is 5.32 Å². The minimum atomic E-state index is -0.272. The van der Waals surface area contributed by atoms with E-state index in [2.05, 4.69) is 37.2 Å². The van der Waals surface area contributed by atoms with Gasteiger partial charge in [-0.05, 0) is 52.3 Å². The number of anilines is 1. The minimum absolute atomic E-state index is 0.272. The highest BCUT2D eigenvalue weighted by atomic mass is 79.9. The topological polar surface area (TPSA) is 29.1 Å². The summed E-state index contributed by atoms with van der Waals surface area (Å²) in [5, 5.41) is 3.73. The van der Waals surface area contributed by atoms with Gasteiger partial charge in [-0.1, -0.05) is 39.1 Å². The van der Waals surface area contributed by atoms with Crippen molar-refractivity contribution in [1.29, 1.82) is 0 Å². The molecule has 1 N–H and O–H groups in total. The molecule has 0 aromatic heterocycles. The van der Waals surface area contributed by atoms with Gasteiger partial charge in [0.25, 0.3) is 5.91 Å². The van der Waals surface area contributed by atoms with Gasteiger partial charge < -0.3 is 5.32 Å². The zero-order chi connectivity index (χ0) is 14.0. The molecule has 98 valence electrons. The molecular formula is C13H7Br2Cl2NO. The van der Waals surface area contributed by atoms with E-state index in [0.29, 0.717) is 25.8 Å². The molecule has 0 atom stereocenters. The molecule has 6 heteroatoms. The van der Waals surface area contributed by atoms with Crippen LogP contribution in [-0.4, -0.2) is 5.91 Å². The third-order valence-electron chi connectivity index (χ3n) is 2.35. The van der Waals surface area contributed by atoms with Gasteiger partial charge >= 0.3 is 0 Å². The van der Waals surface area contributed by atoms with Crippen molar-refractivity contribution < 1.29 is 4.79 Å². The van der Waals surface area contributed by atoms with E-state index in [9.17, 15) is 4.79 Å². The molecule has 0 radical (unpaired) electrons. The summed E-state index contributed by atoms with van der Waals surface area (Å²) in [5.41, 5.74) is 1.05. The maximum Gasteiger partial charge on any atom is 0.257 e. The molecule has 0 heterocycles. The van der Waals surface area contributed by atoms with Crippen molar-refractivity contribution in [3.63, 3.8) is 0 Å². The third-order valence-corrected chi connectivity index (χ3v) is 4.37. The Morgan fingerprint density at radius 2 is 1.74 bits per heavy atom. The van der Waals surface area contributed by atoms with Gasteiger partial charge in [-0.3, -0.25) is 4.79 Å². The summed E-state index contributed by atoms with van der Waals surface area (Å²) in [4.78, 5) is 12.1. The lowest BCUT2D eigenvalue weighted by Gasteiger charge is -2.08. The average molecular weight is 424 g/mol. The summed E-state index contributed by atoms with van der Waals surface area (Å²) in [5.74, 6) is -0.272. The summed E-state index contributed by atoms with van der Waals surface area (Å²) in [7, 11) is 0. The second kappa shape index (κ2) is 6.27. The largest absolute Gasteiger partial charge is 0.322 e. The molecule has 0 saturated heterocycles. The van der Waals surface area contributed by atoms with Crippen LogP contribution in [0.15, 0.2) is 45.3 Å². The number of amides is 1. The number of hydrogen-bond acceptors (Lipinski definition) is 1. The first-order valence-corrected chi connectivity index (χ1v) is 7.53. The van der Waals surface area contributed by atoms with Crippen molar-refractivity contribution in [2.45, 2.75) is 0 Å². The molecule has 2 rings (SSSR count). The van der Waals surface area contributed by atoms with E-state index in [1.165, 1.54) is 0 Å². The Kier molecular flexibility index (Phi) is 4.90. The molecule has 2 aromatic rings. The quantitative estimate of drug-likeness (QED) is 0.652. The van der Waals surface area contributed by atoms with Crippen molar-refractivity contribution in [1.82, 2.24) is 0 Å². The first-order chi connectivity index (χ1) is 8.97. The van der Waals surface area contributed by atoms with Gasteiger partial charge in [-0.2, -0.15) is 0 Å². The average Bonchev–Trinajstić information content (AvgIpc) is 2.33. The molecule has 0 bridgehead atoms. The Hall–Kier alpha value is -0.550. The van der Waals surface area contributed by atoms with Crippen LogP contribution in [0.5, 0.6) is 0 Å². The van der Waals surface area contributed by atoms with Gasteiger partial charge in [0.1, 0.15) is 0 Å². The zero-order valence-corrected chi connectivity index (χ0v) is 14.1. The lowest BCUT2D eigenvalue weighted by Crippen LogP contribution is -2.12. The smallest absolute Gasteiger partial charge is 0.257 e. The molecule has 1 amide bonds. The molecule has 0 aliphatic heterocycles. The minimum Gasteiger partial charge on any atom is -0.322 e. The summed E-state index contributed by atoms with van der Waals surface area (Å²) in [6.45, 7) is 0. The third kappa shape index (κ3) is 3.72. The molecule has 0 unspecified atom stereocenters. The molecule has 2 nitrogen and oxygen atoms in total. The Morgan fingerprint density at radius 1 is 1.00 bits per heavy atom. The summed E-state index contributed by atoms with van der Waals surface area (Å²) < 4.78 is 1.54. The maximum absolute atomic E-state index is 12.1. The fourth-order valence-corrected chi connectivity index (χ4v) is 2.70. The maximum atomic E-state index is 12.1. The van der Waals surface area contributed by atoms with Crippen LogP contribution in [0.25, 0.3) is 0 Å². The Morgan fingerprint density at radius 3 is 2.37 bits per heavy atom. The van der Waals surface area contributed by atoms with Gasteiger partial charge in [0.05, 0.1) is 15.6 Å². The highest BCUT2D eigenvalue weighted by molar-refractivity contribution is 9.10. The van der Waals surface area contributed by atoms with E-state index in [1.54, 1.807) is 36.4 Å². The normalized spacial score (nSPS) is 10.3. The Balaban J connectivity index is 2.23. The number of carbonyl (C=O) groups is 1. The Bertz CT molecular complexity index is 647. The Labute approximate surface area is 137 Å². The van der Waals surface area contributed by atoms with Crippen LogP contribution in [0.1, 0.15) is 10.4 Å². The van der Waals surface area contributed by atoms with Crippen LogP contribution in [0.2, 0.25) is 10.0 Å². The van der Waals surface area contributed by atoms with Crippen molar-refractivity contribution in [3.8, 4) is 0 Å². The van der Waals surface area contributed by atoms with Crippen molar-refractivity contribution in [2.24, 2.45) is 0 Å². The summed E-state index contributed by atoms with van der Waals surface area (Å²) in [6.07, 6.45) is 0. The molecule has 0 saturated carbocycles. The number of nitrogens with one attached hydrogen (secondary N) is 1. The zero-order valence-electron chi connectivity index (χ0n) is 9.38. The van der Waals surface area contributed by atoms with Gasteiger partial charge in [0.15, 0.2) is 0 Å². The number of benzene rings is 2. The number of hydrogen-bond donors (Lipinski definition) is 1. The van der Waals surface area contributed by atoms with Crippen LogP contribution < -0.4 is 5.32 Å². The van der Waals surface area contributed by atoms with Gasteiger partial charge in [-0.15, -0.1) is 0 Å². The first-order valence-electron chi connectivity index (χ1n) is 5.19. The number of halogens is 4. The summed E-state index contributed by atoms with van der Waals surface area (Å²) in [6, 6.07) is 10.2. The summed E-state index contributed by atoms with van der Waals surface area (Å²) >= 11 is 18.5. The highest BCUT2D eigenvalue weighted by Crippen LogP contribution is 2.27. The van der Waals surface area contributed by atoms with Crippen LogP contribution in [0, 0.1) is 0 Å². The first kappa shape index (κ1) is 14.9. The molecule has 0 spiro atoms. The number of rotatable bonds is 2. The second-order valence-corrected chi connectivity index (χ2v) is 6.29. The predicted octanol–water partition coefficient (Wildman–Crippen LogP) is 5.77. The van der Waals surface area contributed by atoms with E-state index in [0.717, 1.165) is 4.47 Å². The fourth-order valence-electron chi connectivity index (χ4n) is 1.45. The van der Waals surface area contributed by atoms with E-state index in [1.807, 2.05) is 0 Å². The van der Waals surface area contributed by atoms with Gasteiger partial charge in [-0.25, -0.2) is 0 Å². The monoisotopic (exact) mass is 421 g/mol. The number of carbonyl (C=O) groups excluding carboxylic acids is 1. The standard InChI is InChI=1S/C13H7Br2Cl2NO/c14-7-1-3-9(12(17)5-7)13(19)18-8-2-4-11(16)10(15)6-8/h1-6H,(H,18,19). The second-order valence-electron chi connectivity index (χ2n) is 3.71. The van der Waals surface area contributed by atoms with Crippen LogP contribution in [-0.2, 0) is 0 Å². The lowest BCUT2D eigenvalue weighted by atomic mass is 10.2. The highest BCUT2D eigenvalue weighted by Gasteiger charge is 2.11. The van der Waals surface area contributed by atoms with Crippen molar-refractivity contribution in [3.05, 3.63) is 61.0 Å². The van der Waals surface area contributed by atoms with Crippen molar-refractivity contribution >= 4 is 66.7 Å². The van der Waals surface area contributed by atoms with E-state index in [-0.39, 0.29) is 5.91 Å². The molecule has 0 aliphatic carbocycles. The van der Waals surface area contributed by atoms with Crippen LogP contribution >= 0.6 is 55.1 Å². The molecule has 0 aliphatic rings. The molecule has 2 aromatic carbocycles. The van der Waals surface area contributed by atoms with E-state index < -0.39 is 0 Å². The predicted molar refractivity (Wildman–Crippen MR) is 86.3 cm³/mol. The van der Waals surface area contributed by atoms with Crippen LogP contribution in [0.4, 0.5) is 5.69 Å². The van der Waals surface area contributed by atoms with E-state index >= 15 is 0 Å². The molecule has 0 fully saturated rings. The van der Waals surface area contributed by atoms with Gasteiger partial charge in [0, 0.05) is 14.6 Å². The van der Waals surface area contributed by atoms with Crippen LogP contribution in [0.3, 0.4) is 0 Å². The fraction of sp³-hybridized carbons (Fsp3) is 0. The SMILES string of the molecule is O=C(Nc1ccc(Cl)c(Br)c1)c1ccc(Br)cc1Cl. The molecular weight excluding hydrogens is 417 g/mol. The molecule has 19 heavy (non-hydrogen) atoms. The van der Waals surface area contributed by atoms with E-state index in [4.69, 9.17) is 23.2 Å². The lowest BCUT2D eigenvalue weighted by molar-refractivity contribution is 0.102.